The molecule has 2 N–H and O–H groups in total. The van der Waals surface area contributed by atoms with Crippen LogP contribution in [0.4, 0.5) is 14.5 Å². The molecule has 0 spiro atoms. The van der Waals surface area contributed by atoms with Crippen molar-refractivity contribution in [1.82, 2.24) is 10.2 Å². The maximum atomic E-state index is 14.7. The summed E-state index contributed by atoms with van der Waals surface area (Å²) in [6, 6.07) is 11.7. The Kier molecular flexibility index (Phi) is 7.63. The van der Waals surface area contributed by atoms with Crippen molar-refractivity contribution in [2.24, 2.45) is 4.99 Å². The van der Waals surface area contributed by atoms with Crippen molar-refractivity contribution in [3.05, 3.63) is 65.2 Å². The van der Waals surface area contributed by atoms with Crippen LogP contribution in [0.3, 0.4) is 0 Å². The number of aliphatic imine (C=N–C) groups is 1. The highest BCUT2D eigenvalue weighted by molar-refractivity contribution is 5.79. The second kappa shape index (κ2) is 10.4. The third-order valence-corrected chi connectivity index (χ3v) is 5.23. The van der Waals surface area contributed by atoms with E-state index in [1.165, 1.54) is 18.2 Å². The van der Waals surface area contributed by atoms with E-state index in [4.69, 9.17) is 0 Å². The number of anilines is 1. The first-order valence-electron chi connectivity index (χ1n) is 10.4. The number of halogens is 2. The number of benzene rings is 2. The normalized spacial score (nSPS) is 15.4. The number of piperidine rings is 1. The number of guanidine groups is 1. The number of hydrogen-bond donors (Lipinski definition) is 2. The van der Waals surface area contributed by atoms with Gasteiger partial charge in [-0.15, -0.1) is 0 Å². The highest BCUT2D eigenvalue weighted by Gasteiger charge is 2.19. The topological polar surface area (TPSA) is 51.1 Å². The fourth-order valence-electron chi connectivity index (χ4n) is 3.63. The van der Waals surface area contributed by atoms with Gasteiger partial charge in [0.15, 0.2) is 5.96 Å². The fraction of sp³-hybridized carbons (Fsp3) is 0.435. The Labute approximate surface area is 177 Å². The molecule has 1 fully saturated rings. The van der Waals surface area contributed by atoms with Crippen LogP contribution in [0, 0.1) is 11.6 Å². The Bertz CT molecular complexity index is 866. The molecular formula is C23H30F2N4O. The Morgan fingerprint density at radius 2 is 1.93 bits per heavy atom. The average molecular weight is 417 g/mol. The molecule has 0 amide bonds. The number of rotatable bonds is 6. The molecule has 3 rings (SSSR count). The lowest BCUT2D eigenvalue weighted by atomic mass is 10.1. The third kappa shape index (κ3) is 5.92. The largest absolute Gasteiger partial charge is 0.393 e. The van der Waals surface area contributed by atoms with Gasteiger partial charge in [-0.05, 0) is 55.2 Å². The molecule has 0 aliphatic carbocycles. The number of aliphatic hydroxyl groups excluding tert-OH is 1. The maximum Gasteiger partial charge on any atom is 0.194 e. The predicted molar refractivity (Wildman–Crippen MR) is 117 cm³/mol. The van der Waals surface area contributed by atoms with Gasteiger partial charge in [0.25, 0.3) is 0 Å². The molecule has 2 aromatic carbocycles. The summed E-state index contributed by atoms with van der Waals surface area (Å²) in [7, 11) is 1.89. The van der Waals surface area contributed by atoms with Crippen LogP contribution < -0.4 is 10.2 Å². The lowest BCUT2D eigenvalue weighted by Gasteiger charge is -2.31. The van der Waals surface area contributed by atoms with E-state index < -0.39 is 0 Å². The molecule has 2 aromatic rings. The van der Waals surface area contributed by atoms with Crippen molar-refractivity contribution in [3.63, 3.8) is 0 Å². The number of nitrogens with one attached hydrogen (secondary N) is 1. The summed E-state index contributed by atoms with van der Waals surface area (Å²) in [5.41, 5.74) is 2.21. The Morgan fingerprint density at radius 3 is 2.60 bits per heavy atom. The van der Waals surface area contributed by atoms with Gasteiger partial charge in [-0.25, -0.2) is 13.8 Å². The Balaban J connectivity index is 1.67. The highest BCUT2D eigenvalue weighted by atomic mass is 19.1. The van der Waals surface area contributed by atoms with Crippen LogP contribution in [-0.2, 0) is 13.1 Å². The van der Waals surface area contributed by atoms with E-state index in [-0.39, 0.29) is 17.7 Å². The maximum absolute atomic E-state index is 14.7. The fourth-order valence-corrected chi connectivity index (χ4v) is 3.63. The summed E-state index contributed by atoms with van der Waals surface area (Å²) in [5, 5.41) is 12.9. The van der Waals surface area contributed by atoms with Crippen molar-refractivity contribution in [3.8, 4) is 0 Å². The molecule has 1 aliphatic heterocycles. The second-order valence-electron chi connectivity index (χ2n) is 7.66. The van der Waals surface area contributed by atoms with Crippen LogP contribution in [-0.4, -0.2) is 48.8 Å². The Morgan fingerprint density at radius 1 is 1.17 bits per heavy atom. The molecule has 0 atom stereocenters. The smallest absolute Gasteiger partial charge is 0.194 e. The molecule has 0 aromatic heterocycles. The van der Waals surface area contributed by atoms with Crippen molar-refractivity contribution in [1.29, 1.82) is 0 Å². The van der Waals surface area contributed by atoms with Gasteiger partial charge in [0.05, 0.1) is 18.3 Å². The van der Waals surface area contributed by atoms with E-state index in [9.17, 15) is 13.9 Å². The zero-order valence-corrected chi connectivity index (χ0v) is 17.6. The van der Waals surface area contributed by atoms with Gasteiger partial charge in [-0.1, -0.05) is 18.2 Å². The van der Waals surface area contributed by atoms with Crippen LogP contribution in [0.2, 0.25) is 0 Å². The SMILES string of the molecule is CCNC(=NCc1ccc(N2CCC(O)CC2)c(F)c1)N(C)Cc1cccc(F)c1. The molecule has 30 heavy (non-hydrogen) atoms. The van der Waals surface area contributed by atoms with Gasteiger partial charge in [0, 0.05) is 33.2 Å². The van der Waals surface area contributed by atoms with Crippen LogP contribution in [0.25, 0.3) is 0 Å². The first-order valence-corrected chi connectivity index (χ1v) is 10.4. The summed E-state index contributed by atoms with van der Waals surface area (Å²) in [6.07, 6.45) is 1.04. The second-order valence-corrected chi connectivity index (χ2v) is 7.66. The molecule has 1 heterocycles. The molecule has 7 heteroatoms. The van der Waals surface area contributed by atoms with Crippen molar-refractivity contribution in [2.45, 2.75) is 39.0 Å². The molecule has 0 radical (unpaired) electrons. The quantitative estimate of drug-likeness (QED) is 0.559. The summed E-state index contributed by atoms with van der Waals surface area (Å²) in [4.78, 5) is 8.52. The van der Waals surface area contributed by atoms with Gasteiger partial charge < -0.3 is 20.2 Å². The van der Waals surface area contributed by atoms with E-state index in [2.05, 4.69) is 10.3 Å². The molecule has 0 bridgehead atoms. The summed E-state index contributed by atoms with van der Waals surface area (Å²) >= 11 is 0. The molecular weight excluding hydrogens is 386 g/mol. The molecule has 0 unspecified atom stereocenters. The predicted octanol–water partition coefficient (Wildman–Crippen LogP) is 3.52. The lowest BCUT2D eigenvalue weighted by Crippen LogP contribution is -2.38. The first-order chi connectivity index (χ1) is 14.5. The summed E-state index contributed by atoms with van der Waals surface area (Å²) < 4.78 is 28.1. The monoisotopic (exact) mass is 416 g/mol. The molecule has 1 saturated heterocycles. The van der Waals surface area contributed by atoms with E-state index >= 15 is 0 Å². The van der Waals surface area contributed by atoms with Crippen molar-refractivity contribution in [2.75, 3.05) is 31.6 Å². The number of hydrogen-bond acceptors (Lipinski definition) is 3. The zero-order chi connectivity index (χ0) is 21.5. The highest BCUT2D eigenvalue weighted by Crippen LogP contribution is 2.24. The van der Waals surface area contributed by atoms with Crippen LogP contribution in [0.15, 0.2) is 47.5 Å². The van der Waals surface area contributed by atoms with Gasteiger partial charge in [0.1, 0.15) is 11.6 Å². The number of aliphatic hydroxyl groups is 1. The van der Waals surface area contributed by atoms with Crippen molar-refractivity contribution < 1.29 is 13.9 Å². The van der Waals surface area contributed by atoms with Gasteiger partial charge in [-0.2, -0.15) is 0 Å². The molecule has 162 valence electrons. The van der Waals surface area contributed by atoms with E-state index in [0.29, 0.717) is 57.2 Å². The lowest BCUT2D eigenvalue weighted by molar-refractivity contribution is 0.145. The van der Waals surface area contributed by atoms with Crippen LogP contribution >= 0.6 is 0 Å². The standard InChI is InChI=1S/C23H30F2N4O/c1-3-26-23(28(2)16-18-5-4-6-19(24)13-18)27-15-17-7-8-22(21(25)14-17)29-11-9-20(30)10-12-29/h4-8,13-14,20,30H,3,9-12,15-16H2,1-2H3,(H,26,27). The summed E-state index contributed by atoms with van der Waals surface area (Å²) in [5.74, 6) is 0.148. The van der Waals surface area contributed by atoms with E-state index in [1.807, 2.05) is 35.9 Å². The van der Waals surface area contributed by atoms with Crippen molar-refractivity contribution >= 4 is 11.6 Å². The number of nitrogens with zero attached hydrogens (tertiary/aromatic N) is 3. The van der Waals surface area contributed by atoms with Gasteiger partial charge >= 0.3 is 0 Å². The van der Waals surface area contributed by atoms with Gasteiger partial charge in [0.2, 0.25) is 0 Å². The Hall–Kier alpha value is -2.67. The minimum atomic E-state index is -0.285. The third-order valence-electron chi connectivity index (χ3n) is 5.23. The molecule has 0 saturated carbocycles. The van der Waals surface area contributed by atoms with Crippen LogP contribution in [0.5, 0.6) is 0 Å². The van der Waals surface area contributed by atoms with E-state index in [1.54, 1.807) is 12.1 Å². The average Bonchev–Trinajstić information content (AvgIpc) is 2.72. The zero-order valence-electron chi connectivity index (χ0n) is 17.6. The van der Waals surface area contributed by atoms with Gasteiger partial charge in [-0.3, -0.25) is 0 Å². The minimum absolute atomic E-state index is 0.262. The first kappa shape index (κ1) is 22.0. The molecule has 1 aliphatic rings. The summed E-state index contributed by atoms with van der Waals surface area (Å²) in [6.45, 7) is 4.84. The molecule has 5 nitrogen and oxygen atoms in total. The van der Waals surface area contributed by atoms with E-state index in [0.717, 1.165) is 11.1 Å². The van der Waals surface area contributed by atoms with Crippen LogP contribution in [0.1, 0.15) is 30.9 Å². The minimum Gasteiger partial charge on any atom is -0.393 e.